The zero-order valence-corrected chi connectivity index (χ0v) is 12.9. The molecule has 0 bridgehead atoms. The minimum atomic E-state index is -0.842. The van der Waals surface area contributed by atoms with Gasteiger partial charge in [-0.05, 0) is 32.4 Å². The smallest absolute Gasteiger partial charge is 0.318 e. The van der Waals surface area contributed by atoms with Crippen molar-refractivity contribution in [3.8, 4) is 0 Å². The Hall–Kier alpha value is -1.27. The molecule has 5 nitrogen and oxygen atoms in total. The van der Waals surface area contributed by atoms with Crippen LogP contribution in [0.3, 0.4) is 0 Å². The fourth-order valence-electron chi connectivity index (χ4n) is 2.46. The van der Waals surface area contributed by atoms with E-state index in [1.165, 1.54) is 11.3 Å². The highest BCUT2D eigenvalue weighted by Gasteiger charge is 2.38. The van der Waals surface area contributed by atoms with E-state index in [0.717, 1.165) is 4.88 Å². The van der Waals surface area contributed by atoms with Gasteiger partial charge < -0.3 is 15.3 Å². The summed E-state index contributed by atoms with van der Waals surface area (Å²) in [6, 6.07) is 3.02. The van der Waals surface area contributed by atoms with Gasteiger partial charge >= 0.3 is 12.0 Å². The summed E-state index contributed by atoms with van der Waals surface area (Å²) in [5, 5.41) is 12.0. The number of hydrogen-bond donors (Lipinski definition) is 2. The molecule has 1 aliphatic rings. The van der Waals surface area contributed by atoms with E-state index in [-0.39, 0.29) is 18.1 Å². The van der Waals surface area contributed by atoms with Gasteiger partial charge in [-0.25, -0.2) is 4.79 Å². The number of halogens is 1. The van der Waals surface area contributed by atoms with Crippen molar-refractivity contribution >= 4 is 34.9 Å². The van der Waals surface area contributed by atoms with Crippen molar-refractivity contribution < 1.29 is 14.7 Å². The lowest BCUT2D eigenvalue weighted by atomic mass is 10.0. The lowest BCUT2D eigenvalue weighted by Crippen LogP contribution is -2.44. The molecule has 2 heterocycles. The quantitative estimate of drug-likeness (QED) is 0.900. The summed E-state index contributed by atoms with van der Waals surface area (Å²) in [5.74, 6) is -1.32. The summed E-state index contributed by atoms with van der Waals surface area (Å²) in [5.41, 5.74) is 0. The molecule has 0 spiro atoms. The Morgan fingerprint density at radius 1 is 1.55 bits per heavy atom. The summed E-state index contributed by atoms with van der Waals surface area (Å²) in [7, 11) is 0. The molecule has 0 aromatic carbocycles. The van der Waals surface area contributed by atoms with Gasteiger partial charge in [-0.3, -0.25) is 4.79 Å². The first kappa shape index (κ1) is 15.1. The number of amides is 2. The van der Waals surface area contributed by atoms with Crippen molar-refractivity contribution in [3.05, 3.63) is 21.3 Å². The second-order valence-corrected chi connectivity index (χ2v) is 6.73. The Balaban J connectivity index is 1.97. The Morgan fingerprint density at radius 3 is 2.75 bits per heavy atom. The number of likely N-dealkylation sites (tertiary alicyclic amines) is 1. The van der Waals surface area contributed by atoms with Crippen molar-refractivity contribution in [2.24, 2.45) is 5.92 Å². The van der Waals surface area contributed by atoms with Crippen molar-refractivity contribution in [3.63, 3.8) is 0 Å². The SMILES string of the molecule is CC(NC(=O)N1CCC(C(=O)O)C1C)c1ccc(Cl)s1. The second kappa shape index (κ2) is 6.01. The van der Waals surface area contributed by atoms with E-state index < -0.39 is 11.9 Å². The number of nitrogens with one attached hydrogen (secondary N) is 1. The molecule has 1 saturated heterocycles. The van der Waals surface area contributed by atoms with Crippen LogP contribution in [0.5, 0.6) is 0 Å². The molecule has 1 aromatic rings. The summed E-state index contributed by atoms with van der Waals surface area (Å²) >= 11 is 7.30. The minimum Gasteiger partial charge on any atom is -0.481 e. The van der Waals surface area contributed by atoms with E-state index >= 15 is 0 Å². The predicted molar refractivity (Wildman–Crippen MR) is 78.2 cm³/mol. The van der Waals surface area contributed by atoms with Crippen LogP contribution >= 0.6 is 22.9 Å². The fourth-order valence-corrected chi connectivity index (χ4v) is 3.52. The molecule has 0 saturated carbocycles. The molecule has 1 fully saturated rings. The maximum absolute atomic E-state index is 12.2. The number of aliphatic carboxylic acids is 1. The molecule has 2 N–H and O–H groups in total. The van der Waals surface area contributed by atoms with Crippen LogP contribution in [0.1, 0.15) is 31.2 Å². The number of hydrogen-bond acceptors (Lipinski definition) is 3. The number of carbonyl (C=O) groups is 2. The third-order valence-corrected chi connectivity index (χ3v) is 5.11. The number of thiophene rings is 1. The summed E-state index contributed by atoms with van der Waals surface area (Å²) in [6.45, 7) is 4.13. The van der Waals surface area contributed by atoms with E-state index in [1.807, 2.05) is 13.0 Å². The first-order chi connectivity index (χ1) is 9.40. The van der Waals surface area contributed by atoms with E-state index in [0.29, 0.717) is 17.3 Å². The molecule has 2 rings (SSSR count). The zero-order valence-electron chi connectivity index (χ0n) is 11.3. The highest BCUT2D eigenvalue weighted by atomic mass is 35.5. The van der Waals surface area contributed by atoms with Gasteiger partial charge in [0.15, 0.2) is 0 Å². The molecular formula is C13H17ClN2O3S. The second-order valence-electron chi connectivity index (χ2n) is 4.98. The Labute approximate surface area is 126 Å². The fraction of sp³-hybridized carbons (Fsp3) is 0.538. The van der Waals surface area contributed by atoms with E-state index in [9.17, 15) is 9.59 Å². The molecule has 20 heavy (non-hydrogen) atoms. The number of carboxylic acids is 1. The first-order valence-corrected chi connectivity index (χ1v) is 7.64. The normalized spacial score (nSPS) is 23.6. The van der Waals surface area contributed by atoms with Gasteiger partial charge in [0, 0.05) is 17.5 Å². The van der Waals surface area contributed by atoms with Gasteiger partial charge in [0.05, 0.1) is 16.3 Å². The zero-order chi connectivity index (χ0) is 14.9. The molecular weight excluding hydrogens is 300 g/mol. The molecule has 2 amide bonds. The van der Waals surface area contributed by atoms with Crippen molar-refractivity contribution in [1.82, 2.24) is 10.2 Å². The van der Waals surface area contributed by atoms with Crippen LogP contribution in [0.2, 0.25) is 4.34 Å². The number of rotatable bonds is 3. The first-order valence-electron chi connectivity index (χ1n) is 6.45. The molecule has 3 atom stereocenters. The van der Waals surface area contributed by atoms with Gasteiger partial charge in [-0.2, -0.15) is 0 Å². The third-order valence-electron chi connectivity index (χ3n) is 3.69. The topological polar surface area (TPSA) is 69.6 Å². The van der Waals surface area contributed by atoms with Crippen molar-refractivity contribution in [2.75, 3.05) is 6.54 Å². The highest BCUT2D eigenvalue weighted by molar-refractivity contribution is 7.16. The van der Waals surface area contributed by atoms with Crippen LogP contribution in [0.4, 0.5) is 4.79 Å². The van der Waals surface area contributed by atoms with E-state index in [1.54, 1.807) is 17.9 Å². The average Bonchev–Trinajstić information content (AvgIpc) is 2.95. The van der Waals surface area contributed by atoms with Crippen LogP contribution in [-0.2, 0) is 4.79 Å². The minimum absolute atomic E-state index is 0.143. The predicted octanol–water partition coefficient (Wildman–Crippen LogP) is 2.97. The molecule has 3 unspecified atom stereocenters. The van der Waals surface area contributed by atoms with Crippen molar-refractivity contribution in [2.45, 2.75) is 32.4 Å². The Kier molecular flexibility index (Phi) is 4.55. The van der Waals surface area contributed by atoms with Crippen LogP contribution in [-0.4, -0.2) is 34.6 Å². The average molecular weight is 317 g/mol. The lowest BCUT2D eigenvalue weighted by Gasteiger charge is -2.25. The van der Waals surface area contributed by atoms with Crippen molar-refractivity contribution in [1.29, 1.82) is 0 Å². The lowest BCUT2D eigenvalue weighted by molar-refractivity contribution is -0.142. The van der Waals surface area contributed by atoms with Gasteiger partial charge in [0.1, 0.15) is 0 Å². The van der Waals surface area contributed by atoms with E-state index in [2.05, 4.69) is 5.32 Å². The summed E-state index contributed by atoms with van der Waals surface area (Å²) in [6.07, 6.45) is 0.503. The van der Waals surface area contributed by atoms with E-state index in [4.69, 9.17) is 16.7 Å². The number of urea groups is 1. The summed E-state index contributed by atoms with van der Waals surface area (Å²) < 4.78 is 0.682. The molecule has 7 heteroatoms. The molecule has 110 valence electrons. The van der Waals surface area contributed by atoms with Gasteiger partial charge in [0.2, 0.25) is 0 Å². The van der Waals surface area contributed by atoms with Gasteiger partial charge in [-0.1, -0.05) is 11.6 Å². The Morgan fingerprint density at radius 2 is 2.25 bits per heavy atom. The number of carboxylic acid groups (broad SMARTS) is 1. The van der Waals surface area contributed by atoms with Crippen LogP contribution < -0.4 is 5.32 Å². The maximum atomic E-state index is 12.2. The monoisotopic (exact) mass is 316 g/mol. The van der Waals surface area contributed by atoms with Crippen LogP contribution in [0.15, 0.2) is 12.1 Å². The largest absolute Gasteiger partial charge is 0.481 e. The number of nitrogens with zero attached hydrogens (tertiary/aromatic N) is 1. The highest BCUT2D eigenvalue weighted by Crippen LogP contribution is 2.28. The molecule has 0 aliphatic carbocycles. The third kappa shape index (κ3) is 3.07. The standard InChI is InChI=1S/C13H17ClN2O3S/c1-7(10-3-4-11(14)20-10)15-13(19)16-6-5-9(8(16)2)12(17)18/h3-4,7-9H,5-6H2,1-2H3,(H,15,19)(H,17,18). The molecule has 0 radical (unpaired) electrons. The molecule has 1 aliphatic heterocycles. The van der Waals surface area contributed by atoms with Gasteiger partial charge in [-0.15, -0.1) is 11.3 Å². The van der Waals surface area contributed by atoms with Gasteiger partial charge in [0.25, 0.3) is 0 Å². The number of carbonyl (C=O) groups excluding carboxylic acids is 1. The Bertz CT molecular complexity index is 519. The van der Waals surface area contributed by atoms with Crippen LogP contribution in [0.25, 0.3) is 0 Å². The summed E-state index contributed by atoms with van der Waals surface area (Å²) in [4.78, 5) is 25.8. The van der Waals surface area contributed by atoms with Crippen LogP contribution in [0, 0.1) is 5.92 Å². The maximum Gasteiger partial charge on any atom is 0.318 e. The molecule has 1 aromatic heterocycles.